The first-order valence-electron chi connectivity index (χ1n) is 8.46. The molecule has 0 bridgehead atoms. The lowest BCUT2D eigenvalue weighted by Crippen LogP contribution is -2.43. The summed E-state index contributed by atoms with van der Waals surface area (Å²) in [6, 6.07) is 17.6. The average molecular weight is 310 g/mol. The van der Waals surface area contributed by atoms with Crippen LogP contribution in [0.3, 0.4) is 0 Å². The van der Waals surface area contributed by atoms with Crippen LogP contribution >= 0.6 is 0 Å². The Morgan fingerprint density at radius 2 is 1.91 bits per heavy atom. The van der Waals surface area contributed by atoms with Crippen molar-refractivity contribution < 1.29 is 4.74 Å². The van der Waals surface area contributed by atoms with Gasteiger partial charge in [0.1, 0.15) is 5.75 Å². The maximum atomic E-state index is 5.20. The number of fused-ring (bicyclic) bond motifs is 1. The summed E-state index contributed by atoms with van der Waals surface area (Å²) in [5.41, 5.74) is 4.19. The Bertz CT molecular complexity index is 624. The van der Waals surface area contributed by atoms with Crippen molar-refractivity contribution >= 4 is 5.69 Å². The lowest BCUT2D eigenvalue weighted by Gasteiger charge is -2.36. The van der Waals surface area contributed by atoms with Gasteiger partial charge in [-0.2, -0.15) is 0 Å². The van der Waals surface area contributed by atoms with E-state index in [4.69, 9.17) is 4.74 Å². The van der Waals surface area contributed by atoms with Gasteiger partial charge in [0.2, 0.25) is 0 Å². The molecule has 1 aliphatic heterocycles. The summed E-state index contributed by atoms with van der Waals surface area (Å²) in [4.78, 5) is 2.54. The van der Waals surface area contributed by atoms with E-state index >= 15 is 0 Å². The van der Waals surface area contributed by atoms with Crippen molar-refractivity contribution in [3.05, 3.63) is 59.7 Å². The fourth-order valence-electron chi connectivity index (χ4n) is 3.30. The van der Waals surface area contributed by atoms with E-state index in [1.54, 1.807) is 7.11 Å². The normalized spacial score (nSPS) is 15.1. The molecule has 0 saturated heterocycles. The van der Waals surface area contributed by atoms with Crippen LogP contribution in [0.4, 0.5) is 5.69 Å². The number of nitrogens with zero attached hydrogens (tertiary/aromatic N) is 1. The summed E-state index contributed by atoms with van der Waals surface area (Å²) >= 11 is 0. The topological polar surface area (TPSA) is 24.5 Å². The van der Waals surface area contributed by atoms with E-state index in [1.807, 2.05) is 12.1 Å². The second-order valence-corrected chi connectivity index (χ2v) is 6.25. The molecule has 0 amide bonds. The van der Waals surface area contributed by atoms with E-state index in [-0.39, 0.29) is 0 Å². The molecule has 1 unspecified atom stereocenters. The summed E-state index contributed by atoms with van der Waals surface area (Å²) in [6.45, 7) is 5.34. The third kappa shape index (κ3) is 3.85. The highest BCUT2D eigenvalue weighted by molar-refractivity contribution is 5.56. The van der Waals surface area contributed by atoms with E-state index in [1.165, 1.54) is 29.7 Å². The van der Waals surface area contributed by atoms with Crippen LogP contribution in [0.15, 0.2) is 48.5 Å². The molecule has 0 aromatic heterocycles. The van der Waals surface area contributed by atoms with Crippen molar-refractivity contribution in [3.8, 4) is 5.75 Å². The van der Waals surface area contributed by atoms with E-state index in [9.17, 15) is 0 Å². The van der Waals surface area contributed by atoms with Crippen LogP contribution in [0.1, 0.15) is 24.5 Å². The summed E-state index contributed by atoms with van der Waals surface area (Å²) in [5, 5.41) is 3.58. The number of nitrogens with one attached hydrogen (secondary N) is 1. The van der Waals surface area contributed by atoms with Gasteiger partial charge in [0.15, 0.2) is 0 Å². The predicted molar refractivity (Wildman–Crippen MR) is 96.3 cm³/mol. The molecule has 1 atom stereocenters. The molecule has 23 heavy (non-hydrogen) atoms. The van der Waals surface area contributed by atoms with Crippen molar-refractivity contribution in [2.45, 2.75) is 32.4 Å². The zero-order chi connectivity index (χ0) is 16.1. The average Bonchev–Trinajstić information content (AvgIpc) is 2.61. The van der Waals surface area contributed by atoms with Gasteiger partial charge in [0.05, 0.1) is 7.11 Å². The Balaban J connectivity index is 1.54. The van der Waals surface area contributed by atoms with Gasteiger partial charge in [0.25, 0.3) is 0 Å². The molecule has 2 aromatic rings. The number of rotatable bonds is 6. The second kappa shape index (κ2) is 7.51. The minimum absolute atomic E-state index is 0.495. The molecule has 0 saturated carbocycles. The smallest absolute Gasteiger partial charge is 0.118 e. The molecule has 3 nitrogen and oxygen atoms in total. The molecule has 122 valence electrons. The van der Waals surface area contributed by atoms with Gasteiger partial charge >= 0.3 is 0 Å². The van der Waals surface area contributed by atoms with Crippen LogP contribution in [0.25, 0.3) is 0 Å². The Labute approximate surface area is 139 Å². The Morgan fingerprint density at radius 1 is 1.13 bits per heavy atom. The third-order valence-electron chi connectivity index (χ3n) is 4.61. The quantitative estimate of drug-likeness (QED) is 0.882. The summed E-state index contributed by atoms with van der Waals surface area (Å²) < 4.78 is 5.20. The number of aryl methyl sites for hydroxylation is 1. The van der Waals surface area contributed by atoms with Crippen molar-refractivity contribution in [3.63, 3.8) is 0 Å². The molecule has 1 aliphatic rings. The maximum Gasteiger partial charge on any atom is 0.118 e. The highest BCUT2D eigenvalue weighted by Gasteiger charge is 2.20. The van der Waals surface area contributed by atoms with Gasteiger partial charge in [-0.25, -0.2) is 0 Å². The number of anilines is 1. The molecule has 2 aromatic carbocycles. The zero-order valence-electron chi connectivity index (χ0n) is 14.1. The SMILES string of the molecule is COc1ccc(CNCC(C)N2CCCc3ccccc32)cc1. The van der Waals surface area contributed by atoms with Crippen molar-refractivity contribution in [1.82, 2.24) is 5.32 Å². The number of benzene rings is 2. The molecular formula is C20H26N2O. The van der Waals surface area contributed by atoms with E-state index in [2.05, 4.69) is 53.5 Å². The minimum Gasteiger partial charge on any atom is -0.497 e. The molecule has 3 rings (SSSR count). The standard InChI is InChI=1S/C20H26N2O/c1-16(14-21-15-17-9-11-19(23-2)12-10-17)22-13-5-7-18-6-3-4-8-20(18)22/h3-4,6,8-12,16,21H,5,7,13-15H2,1-2H3. The highest BCUT2D eigenvalue weighted by Crippen LogP contribution is 2.28. The van der Waals surface area contributed by atoms with E-state index < -0.39 is 0 Å². The van der Waals surface area contributed by atoms with Crippen molar-refractivity contribution in [1.29, 1.82) is 0 Å². The Kier molecular flexibility index (Phi) is 5.19. The van der Waals surface area contributed by atoms with Gasteiger partial charge < -0.3 is 15.0 Å². The lowest BCUT2D eigenvalue weighted by atomic mass is 10.0. The highest BCUT2D eigenvalue weighted by atomic mass is 16.5. The van der Waals surface area contributed by atoms with Gasteiger partial charge in [-0.1, -0.05) is 30.3 Å². The molecular weight excluding hydrogens is 284 g/mol. The number of methoxy groups -OCH3 is 1. The molecule has 0 spiro atoms. The molecule has 0 fully saturated rings. The Hall–Kier alpha value is -2.00. The Morgan fingerprint density at radius 3 is 2.70 bits per heavy atom. The first-order chi connectivity index (χ1) is 11.3. The lowest BCUT2D eigenvalue weighted by molar-refractivity contribution is 0.414. The zero-order valence-corrected chi connectivity index (χ0v) is 14.1. The van der Waals surface area contributed by atoms with Crippen LogP contribution in [0.2, 0.25) is 0 Å². The van der Waals surface area contributed by atoms with Gasteiger partial charge in [-0.05, 0) is 49.1 Å². The molecule has 1 N–H and O–H groups in total. The van der Waals surface area contributed by atoms with Crippen LogP contribution < -0.4 is 15.0 Å². The largest absolute Gasteiger partial charge is 0.497 e. The van der Waals surface area contributed by atoms with Gasteiger partial charge in [-0.15, -0.1) is 0 Å². The van der Waals surface area contributed by atoms with Crippen molar-refractivity contribution in [2.75, 3.05) is 25.1 Å². The van der Waals surface area contributed by atoms with E-state index in [0.29, 0.717) is 6.04 Å². The van der Waals surface area contributed by atoms with Crippen LogP contribution in [0, 0.1) is 0 Å². The first kappa shape index (κ1) is 15.9. The maximum absolute atomic E-state index is 5.20. The number of hydrogen-bond donors (Lipinski definition) is 1. The number of ether oxygens (including phenoxy) is 1. The predicted octanol–water partition coefficient (Wildman–Crippen LogP) is 3.63. The third-order valence-corrected chi connectivity index (χ3v) is 4.61. The molecule has 3 heteroatoms. The fourth-order valence-corrected chi connectivity index (χ4v) is 3.30. The fraction of sp³-hybridized carbons (Fsp3) is 0.400. The van der Waals surface area contributed by atoms with Crippen molar-refractivity contribution in [2.24, 2.45) is 0 Å². The van der Waals surface area contributed by atoms with Gasteiger partial charge in [0, 0.05) is 31.4 Å². The molecule has 0 radical (unpaired) electrons. The summed E-state index contributed by atoms with van der Waals surface area (Å²) in [5.74, 6) is 0.909. The van der Waals surface area contributed by atoms with Crippen LogP contribution in [0.5, 0.6) is 5.75 Å². The summed E-state index contributed by atoms with van der Waals surface area (Å²) in [6.07, 6.45) is 2.46. The number of hydrogen-bond acceptors (Lipinski definition) is 3. The monoisotopic (exact) mass is 310 g/mol. The van der Waals surface area contributed by atoms with E-state index in [0.717, 1.165) is 25.4 Å². The summed E-state index contributed by atoms with van der Waals surface area (Å²) in [7, 11) is 1.70. The van der Waals surface area contributed by atoms with Crippen LogP contribution in [-0.2, 0) is 13.0 Å². The minimum atomic E-state index is 0.495. The molecule has 1 heterocycles. The van der Waals surface area contributed by atoms with Gasteiger partial charge in [-0.3, -0.25) is 0 Å². The molecule has 0 aliphatic carbocycles. The second-order valence-electron chi connectivity index (χ2n) is 6.25. The number of para-hydroxylation sites is 1. The van der Waals surface area contributed by atoms with Crippen LogP contribution in [-0.4, -0.2) is 26.2 Å². The first-order valence-corrected chi connectivity index (χ1v) is 8.46.